The van der Waals surface area contributed by atoms with Crippen molar-refractivity contribution in [3.63, 3.8) is 0 Å². The van der Waals surface area contributed by atoms with Crippen molar-refractivity contribution < 1.29 is 10.0 Å². The first-order chi connectivity index (χ1) is 7.70. The summed E-state index contributed by atoms with van der Waals surface area (Å²) in [5, 5.41) is 27.0. The maximum Gasteiger partial charge on any atom is 0.275 e. The lowest BCUT2D eigenvalue weighted by Crippen LogP contribution is -2.04. The molecule has 1 atom stereocenters. The molecule has 1 aromatic carbocycles. The zero-order chi connectivity index (χ0) is 11.5. The quantitative estimate of drug-likeness (QED) is 0.602. The van der Waals surface area contributed by atoms with Crippen molar-refractivity contribution in [2.75, 3.05) is 0 Å². The number of aromatic amines is 1. The minimum atomic E-state index is -1.07. The summed E-state index contributed by atoms with van der Waals surface area (Å²) in [6.45, 7) is 0. The van der Waals surface area contributed by atoms with Gasteiger partial charge < -0.3 is 5.11 Å². The molecule has 6 heteroatoms. The lowest BCUT2D eigenvalue weighted by molar-refractivity contribution is -0.386. The third kappa shape index (κ3) is 1.78. The maximum absolute atomic E-state index is 10.8. The number of benzene rings is 1. The number of nitro groups is 1. The molecule has 0 saturated carbocycles. The first-order valence-electron chi connectivity index (χ1n) is 4.61. The Hall–Kier alpha value is -2.21. The number of rotatable bonds is 3. The maximum atomic E-state index is 10.8. The number of nitrogens with zero attached hydrogens (tertiary/aromatic N) is 2. The monoisotopic (exact) mass is 219 g/mol. The summed E-state index contributed by atoms with van der Waals surface area (Å²) < 4.78 is 0. The SMILES string of the molecule is O=[N+]([O-])c1ccccc1C(O)c1ccn[nH]1. The molecule has 0 fully saturated rings. The fraction of sp³-hybridized carbons (Fsp3) is 0.100. The second-order valence-electron chi connectivity index (χ2n) is 3.23. The molecule has 2 N–H and O–H groups in total. The fourth-order valence-electron chi connectivity index (χ4n) is 1.47. The van der Waals surface area contributed by atoms with Crippen LogP contribution in [0.1, 0.15) is 17.4 Å². The van der Waals surface area contributed by atoms with Crippen LogP contribution >= 0.6 is 0 Å². The Morgan fingerprint density at radius 2 is 2.12 bits per heavy atom. The first kappa shape index (κ1) is 10.3. The normalized spacial score (nSPS) is 12.3. The number of nitro benzene ring substituents is 1. The van der Waals surface area contributed by atoms with Gasteiger partial charge in [-0.05, 0) is 12.1 Å². The van der Waals surface area contributed by atoms with Crippen molar-refractivity contribution in [3.05, 3.63) is 57.9 Å². The number of H-pyrrole nitrogens is 1. The van der Waals surface area contributed by atoms with Crippen LogP contribution in [0.15, 0.2) is 36.5 Å². The number of aromatic nitrogens is 2. The lowest BCUT2D eigenvalue weighted by atomic mass is 10.0. The molecule has 0 saturated heterocycles. The summed E-state index contributed by atoms with van der Waals surface area (Å²) in [4.78, 5) is 10.2. The standard InChI is InChI=1S/C10H9N3O3/c14-10(8-5-6-11-12-8)7-3-1-2-4-9(7)13(15)16/h1-6,10,14H,(H,11,12). The minimum absolute atomic E-state index is 0.107. The van der Waals surface area contributed by atoms with Crippen LogP contribution in [0.2, 0.25) is 0 Å². The zero-order valence-corrected chi connectivity index (χ0v) is 8.20. The Kier molecular flexibility index (Phi) is 2.65. The van der Waals surface area contributed by atoms with E-state index in [4.69, 9.17) is 0 Å². The van der Waals surface area contributed by atoms with E-state index in [-0.39, 0.29) is 11.3 Å². The summed E-state index contributed by atoms with van der Waals surface area (Å²) in [5.74, 6) is 0. The molecular formula is C10H9N3O3. The lowest BCUT2D eigenvalue weighted by Gasteiger charge is -2.08. The van der Waals surface area contributed by atoms with Crippen LogP contribution in [0.3, 0.4) is 0 Å². The Labute approximate surface area is 90.7 Å². The van der Waals surface area contributed by atoms with Gasteiger partial charge in [-0.3, -0.25) is 15.2 Å². The van der Waals surface area contributed by atoms with Gasteiger partial charge in [-0.25, -0.2) is 0 Å². The van der Waals surface area contributed by atoms with Gasteiger partial charge in [0.2, 0.25) is 0 Å². The molecule has 0 aliphatic rings. The van der Waals surface area contributed by atoms with Crippen molar-refractivity contribution in [3.8, 4) is 0 Å². The number of hydrogen-bond donors (Lipinski definition) is 2. The molecule has 1 aromatic heterocycles. The molecule has 0 spiro atoms. The highest BCUT2D eigenvalue weighted by atomic mass is 16.6. The molecule has 0 aliphatic heterocycles. The average Bonchev–Trinajstić information content (AvgIpc) is 2.81. The smallest absolute Gasteiger partial charge is 0.275 e. The third-order valence-electron chi connectivity index (χ3n) is 2.24. The van der Waals surface area contributed by atoms with Crippen molar-refractivity contribution in [2.24, 2.45) is 0 Å². The molecule has 0 radical (unpaired) electrons. The van der Waals surface area contributed by atoms with Crippen LogP contribution in [0, 0.1) is 10.1 Å². The topological polar surface area (TPSA) is 92.1 Å². The van der Waals surface area contributed by atoms with E-state index in [1.165, 1.54) is 18.3 Å². The van der Waals surface area contributed by atoms with E-state index in [1.807, 2.05) is 0 Å². The Morgan fingerprint density at radius 3 is 2.75 bits per heavy atom. The number of para-hydroxylation sites is 1. The van der Waals surface area contributed by atoms with Crippen molar-refractivity contribution in [1.29, 1.82) is 0 Å². The minimum Gasteiger partial charge on any atom is -0.382 e. The highest BCUT2D eigenvalue weighted by Gasteiger charge is 2.21. The predicted molar refractivity (Wildman–Crippen MR) is 55.7 cm³/mol. The fourth-order valence-corrected chi connectivity index (χ4v) is 1.47. The van der Waals surface area contributed by atoms with Gasteiger partial charge in [-0.1, -0.05) is 12.1 Å². The van der Waals surface area contributed by atoms with Crippen LogP contribution in [-0.4, -0.2) is 20.2 Å². The van der Waals surface area contributed by atoms with Crippen molar-refractivity contribution >= 4 is 5.69 Å². The zero-order valence-electron chi connectivity index (χ0n) is 8.20. The second kappa shape index (κ2) is 4.11. The molecule has 82 valence electrons. The number of aliphatic hydroxyl groups is 1. The molecule has 6 nitrogen and oxygen atoms in total. The molecule has 2 aromatic rings. The van der Waals surface area contributed by atoms with Crippen LogP contribution in [-0.2, 0) is 0 Å². The van der Waals surface area contributed by atoms with E-state index in [0.29, 0.717) is 5.69 Å². The first-order valence-corrected chi connectivity index (χ1v) is 4.61. The van der Waals surface area contributed by atoms with Crippen LogP contribution < -0.4 is 0 Å². The average molecular weight is 219 g/mol. The molecule has 16 heavy (non-hydrogen) atoms. The van der Waals surface area contributed by atoms with E-state index in [9.17, 15) is 15.2 Å². The Balaban J connectivity index is 2.44. The van der Waals surface area contributed by atoms with Gasteiger partial charge in [0.1, 0.15) is 6.10 Å². The Bertz CT molecular complexity index is 496. The van der Waals surface area contributed by atoms with Crippen LogP contribution in [0.4, 0.5) is 5.69 Å². The largest absolute Gasteiger partial charge is 0.382 e. The summed E-state index contributed by atoms with van der Waals surface area (Å²) in [6.07, 6.45) is 0.414. The highest BCUT2D eigenvalue weighted by Crippen LogP contribution is 2.28. The highest BCUT2D eigenvalue weighted by molar-refractivity contribution is 5.43. The molecule has 0 aliphatic carbocycles. The third-order valence-corrected chi connectivity index (χ3v) is 2.24. The van der Waals surface area contributed by atoms with Gasteiger partial charge >= 0.3 is 0 Å². The van der Waals surface area contributed by atoms with Crippen molar-refractivity contribution in [1.82, 2.24) is 10.2 Å². The second-order valence-corrected chi connectivity index (χ2v) is 3.23. The summed E-state index contributed by atoms with van der Waals surface area (Å²) >= 11 is 0. The summed E-state index contributed by atoms with van der Waals surface area (Å²) in [5.41, 5.74) is 0.565. The van der Waals surface area contributed by atoms with Crippen LogP contribution in [0.5, 0.6) is 0 Å². The molecule has 0 amide bonds. The summed E-state index contributed by atoms with van der Waals surface area (Å²) in [7, 11) is 0. The molecular weight excluding hydrogens is 210 g/mol. The van der Waals surface area contributed by atoms with E-state index in [0.717, 1.165) is 0 Å². The number of nitrogens with one attached hydrogen (secondary N) is 1. The van der Waals surface area contributed by atoms with Gasteiger partial charge in [0.25, 0.3) is 5.69 Å². The van der Waals surface area contributed by atoms with Gasteiger partial charge in [0, 0.05) is 12.3 Å². The molecule has 0 bridgehead atoms. The van der Waals surface area contributed by atoms with Gasteiger partial charge in [0.15, 0.2) is 0 Å². The number of hydrogen-bond acceptors (Lipinski definition) is 4. The molecule has 2 rings (SSSR count). The molecule has 1 unspecified atom stereocenters. The van der Waals surface area contributed by atoms with E-state index < -0.39 is 11.0 Å². The van der Waals surface area contributed by atoms with E-state index in [2.05, 4.69) is 10.2 Å². The Morgan fingerprint density at radius 1 is 1.38 bits per heavy atom. The van der Waals surface area contributed by atoms with Gasteiger partial charge in [-0.15, -0.1) is 0 Å². The summed E-state index contributed by atoms with van der Waals surface area (Å²) in [6, 6.07) is 7.64. The van der Waals surface area contributed by atoms with Gasteiger partial charge in [-0.2, -0.15) is 5.10 Å². The van der Waals surface area contributed by atoms with Gasteiger partial charge in [0.05, 0.1) is 16.2 Å². The van der Waals surface area contributed by atoms with Crippen LogP contribution in [0.25, 0.3) is 0 Å². The van der Waals surface area contributed by atoms with Crippen molar-refractivity contribution in [2.45, 2.75) is 6.10 Å². The van der Waals surface area contributed by atoms with E-state index >= 15 is 0 Å². The van der Waals surface area contributed by atoms with E-state index in [1.54, 1.807) is 18.2 Å². The number of aliphatic hydroxyl groups excluding tert-OH is 1. The molecule has 1 heterocycles. The predicted octanol–water partition coefficient (Wildman–Crippen LogP) is 1.40.